The second-order valence-electron chi connectivity index (χ2n) is 5.92. The van der Waals surface area contributed by atoms with Gasteiger partial charge in [0.2, 0.25) is 5.91 Å². The van der Waals surface area contributed by atoms with Crippen LogP contribution in [0.1, 0.15) is 39.7 Å². The molecule has 0 fully saturated rings. The highest BCUT2D eigenvalue weighted by atomic mass is 16.4. The average molecular weight is 292 g/mol. The summed E-state index contributed by atoms with van der Waals surface area (Å²) >= 11 is 0. The first-order valence-electron chi connectivity index (χ1n) is 7.10. The van der Waals surface area contributed by atoms with Crippen molar-refractivity contribution in [3.8, 4) is 0 Å². The topological polar surface area (TPSA) is 92.4 Å². The Kier molecular flexibility index (Phi) is 5.35. The number of carboxylic acid groups (broad SMARTS) is 1. The predicted molar refractivity (Wildman–Crippen MR) is 82.9 cm³/mol. The first-order chi connectivity index (χ1) is 9.70. The van der Waals surface area contributed by atoms with E-state index in [1.165, 1.54) is 0 Å². The van der Waals surface area contributed by atoms with Crippen molar-refractivity contribution < 1.29 is 14.7 Å². The Bertz CT molecular complexity index is 509. The maximum Gasteiger partial charge on any atom is 0.326 e. The summed E-state index contributed by atoms with van der Waals surface area (Å²) < 4.78 is 0. The molecular formula is C16H24N2O3. The van der Waals surface area contributed by atoms with Gasteiger partial charge in [0.05, 0.1) is 5.41 Å². The summed E-state index contributed by atoms with van der Waals surface area (Å²) in [6, 6.07) is 6.15. The molecule has 0 heterocycles. The maximum absolute atomic E-state index is 12.5. The van der Waals surface area contributed by atoms with Crippen LogP contribution in [0.5, 0.6) is 0 Å². The summed E-state index contributed by atoms with van der Waals surface area (Å²) in [6.07, 6.45) is 0.680. The molecule has 0 aliphatic heterocycles. The highest BCUT2D eigenvalue weighted by Gasteiger charge is 2.34. The number of benzene rings is 1. The van der Waals surface area contributed by atoms with Crippen molar-refractivity contribution in [1.29, 1.82) is 0 Å². The number of aliphatic carboxylic acids is 1. The van der Waals surface area contributed by atoms with Gasteiger partial charge >= 0.3 is 5.97 Å². The van der Waals surface area contributed by atoms with Gasteiger partial charge in [-0.15, -0.1) is 0 Å². The Hall–Kier alpha value is -2.04. The number of hydrogen-bond donors (Lipinski definition) is 3. The molecule has 2 atom stereocenters. The minimum atomic E-state index is -1.01. The molecule has 0 aliphatic carbocycles. The van der Waals surface area contributed by atoms with E-state index in [1.807, 2.05) is 13.8 Å². The molecule has 0 spiro atoms. The minimum Gasteiger partial charge on any atom is -0.480 e. The standard InChI is InChI=1S/C16H24N2O3/c1-5-10(2)13(14(19)20)18-15(21)16(3,4)11-6-8-12(17)9-7-11/h6-10,13H,5,17H2,1-4H3,(H,18,21)(H,19,20)/t10?,13-/m0/s1. The van der Waals surface area contributed by atoms with Gasteiger partial charge in [-0.05, 0) is 37.5 Å². The molecule has 0 aromatic heterocycles. The molecule has 4 N–H and O–H groups in total. The van der Waals surface area contributed by atoms with Gasteiger partial charge in [0, 0.05) is 5.69 Å². The molecule has 0 bridgehead atoms. The van der Waals surface area contributed by atoms with Crippen LogP contribution in [0.25, 0.3) is 0 Å². The third kappa shape index (κ3) is 3.97. The van der Waals surface area contributed by atoms with Crippen molar-refractivity contribution in [2.24, 2.45) is 5.92 Å². The summed E-state index contributed by atoms with van der Waals surface area (Å²) in [5, 5.41) is 11.9. The van der Waals surface area contributed by atoms with Crippen LogP contribution in [0.2, 0.25) is 0 Å². The Balaban J connectivity index is 2.94. The molecule has 1 unspecified atom stereocenters. The zero-order valence-corrected chi connectivity index (χ0v) is 13.0. The zero-order valence-electron chi connectivity index (χ0n) is 13.0. The summed E-state index contributed by atoms with van der Waals surface area (Å²) in [5.74, 6) is -1.44. The lowest BCUT2D eigenvalue weighted by Crippen LogP contribution is -2.50. The van der Waals surface area contributed by atoms with Crippen molar-refractivity contribution in [2.75, 3.05) is 5.73 Å². The Morgan fingerprint density at radius 3 is 2.24 bits per heavy atom. The van der Waals surface area contributed by atoms with E-state index >= 15 is 0 Å². The lowest BCUT2D eigenvalue weighted by Gasteiger charge is -2.28. The molecule has 21 heavy (non-hydrogen) atoms. The van der Waals surface area contributed by atoms with Crippen LogP contribution in [-0.2, 0) is 15.0 Å². The van der Waals surface area contributed by atoms with Gasteiger partial charge in [0.1, 0.15) is 6.04 Å². The molecule has 1 rings (SSSR count). The Labute approximate surface area is 125 Å². The van der Waals surface area contributed by atoms with Crippen LogP contribution in [0, 0.1) is 5.92 Å². The third-order valence-electron chi connectivity index (χ3n) is 3.97. The molecule has 0 saturated heterocycles. The van der Waals surface area contributed by atoms with Crippen molar-refractivity contribution in [3.63, 3.8) is 0 Å². The van der Waals surface area contributed by atoms with Gasteiger partial charge in [-0.25, -0.2) is 4.79 Å². The quantitative estimate of drug-likeness (QED) is 0.700. The second-order valence-corrected chi connectivity index (χ2v) is 5.92. The summed E-state index contributed by atoms with van der Waals surface area (Å²) in [5.41, 5.74) is 6.24. The number of hydrogen-bond acceptors (Lipinski definition) is 3. The first kappa shape index (κ1) is 17.0. The van der Waals surface area contributed by atoms with Gasteiger partial charge < -0.3 is 16.2 Å². The molecule has 5 heteroatoms. The van der Waals surface area contributed by atoms with Gasteiger partial charge in [0.25, 0.3) is 0 Å². The number of carbonyl (C=O) groups excluding carboxylic acids is 1. The van der Waals surface area contributed by atoms with Crippen LogP contribution < -0.4 is 11.1 Å². The number of nitrogens with one attached hydrogen (secondary N) is 1. The van der Waals surface area contributed by atoms with Crippen LogP contribution >= 0.6 is 0 Å². The highest BCUT2D eigenvalue weighted by Crippen LogP contribution is 2.25. The fourth-order valence-electron chi connectivity index (χ4n) is 2.04. The van der Waals surface area contributed by atoms with E-state index < -0.39 is 17.4 Å². The molecule has 0 saturated carbocycles. The highest BCUT2D eigenvalue weighted by molar-refractivity contribution is 5.91. The summed E-state index contributed by atoms with van der Waals surface area (Å²) in [4.78, 5) is 23.8. The van der Waals surface area contributed by atoms with E-state index in [9.17, 15) is 14.7 Å². The first-order valence-corrected chi connectivity index (χ1v) is 7.10. The van der Waals surface area contributed by atoms with Gasteiger partial charge in [-0.2, -0.15) is 0 Å². The number of amides is 1. The van der Waals surface area contributed by atoms with Crippen LogP contribution in [0.4, 0.5) is 5.69 Å². The SMILES string of the molecule is CCC(C)[C@H](NC(=O)C(C)(C)c1ccc(N)cc1)C(=O)O. The van der Waals surface area contributed by atoms with Crippen molar-refractivity contribution >= 4 is 17.6 Å². The van der Waals surface area contributed by atoms with Crippen LogP contribution in [-0.4, -0.2) is 23.0 Å². The number of carboxylic acids is 1. The van der Waals surface area contributed by atoms with Crippen molar-refractivity contribution in [3.05, 3.63) is 29.8 Å². The smallest absolute Gasteiger partial charge is 0.326 e. The Morgan fingerprint density at radius 2 is 1.81 bits per heavy atom. The largest absolute Gasteiger partial charge is 0.480 e. The molecule has 1 amide bonds. The van der Waals surface area contributed by atoms with Crippen LogP contribution in [0.15, 0.2) is 24.3 Å². The normalized spacial score (nSPS) is 14.3. The fourth-order valence-corrected chi connectivity index (χ4v) is 2.04. The average Bonchev–Trinajstić information content (AvgIpc) is 2.43. The lowest BCUT2D eigenvalue weighted by molar-refractivity contribution is -0.144. The number of nitrogens with two attached hydrogens (primary N) is 1. The fraction of sp³-hybridized carbons (Fsp3) is 0.500. The van der Waals surface area contributed by atoms with E-state index in [2.05, 4.69) is 5.32 Å². The number of nitrogen functional groups attached to an aromatic ring is 1. The number of rotatable bonds is 6. The summed E-state index contributed by atoms with van der Waals surface area (Å²) in [6.45, 7) is 7.25. The van der Waals surface area contributed by atoms with Gasteiger partial charge in [-0.1, -0.05) is 32.4 Å². The van der Waals surface area contributed by atoms with Crippen LogP contribution in [0.3, 0.4) is 0 Å². The summed E-state index contributed by atoms with van der Waals surface area (Å²) in [7, 11) is 0. The molecule has 0 aliphatic rings. The minimum absolute atomic E-state index is 0.131. The van der Waals surface area contributed by atoms with E-state index in [0.717, 1.165) is 5.56 Å². The third-order valence-corrected chi connectivity index (χ3v) is 3.97. The lowest BCUT2D eigenvalue weighted by atomic mass is 9.83. The predicted octanol–water partition coefficient (Wildman–Crippen LogP) is 2.16. The zero-order chi connectivity index (χ0) is 16.2. The van der Waals surface area contributed by atoms with Crippen molar-refractivity contribution in [2.45, 2.75) is 45.6 Å². The molecule has 1 aromatic carbocycles. The van der Waals surface area contributed by atoms with Gasteiger partial charge in [-0.3, -0.25) is 4.79 Å². The molecule has 0 radical (unpaired) electrons. The van der Waals surface area contributed by atoms with E-state index in [4.69, 9.17) is 5.73 Å². The molecule has 116 valence electrons. The van der Waals surface area contributed by atoms with Gasteiger partial charge in [0.15, 0.2) is 0 Å². The second kappa shape index (κ2) is 6.61. The molecule has 5 nitrogen and oxygen atoms in total. The van der Waals surface area contributed by atoms with Crippen molar-refractivity contribution in [1.82, 2.24) is 5.32 Å². The van der Waals surface area contributed by atoms with E-state index in [-0.39, 0.29) is 11.8 Å². The maximum atomic E-state index is 12.5. The molecular weight excluding hydrogens is 268 g/mol. The number of carbonyl (C=O) groups is 2. The van der Waals surface area contributed by atoms with E-state index in [0.29, 0.717) is 12.1 Å². The number of anilines is 1. The monoisotopic (exact) mass is 292 g/mol. The molecule has 1 aromatic rings. The Morgan fingerprint density at radius 1 is 1.29 bits per heavy atom. The van der Waals surface area contributed by atoms with E-state index in [1.54, 1.807) is 38.1 Å².